The number of hydrogen-bond acceptors (Lipinski definition) is 3. The van der Waals surface area contributed by atoms with Crippen molar-refractivity contribution in [3.63, 3.8) is 0 Å². The Bertz CT molecular complexity index is 299. The summed E-state index contributed by atoms with van der Waals surface area (Å²) in [5.41, 5.74) is 0. The second-order valence-electron chi connectivity index (χ2n) is 4.35. The van der Waals surface area contributed by atoms with Crippen LogP contribution in [0.25, 0.3) is 0 Å². The first-order valence-corrected chi connectivity index (χ1v) is 6.66. The van der Waals surface area contributed by atoms with E-state index in [1.54, 1.807) is 6.20 Å². The standard InChI is InChI=1S/C13H25N3O/c1-4-8-14-9-6-7-12(3)17-13-10-15-16(5-2)11-13/h10-12,14H,4-9H2,1-3H3. The molecule has 0 amide bonds. The molecule has 17 heavy (non-hydrogen) atoms. The quantitative estimate of drug-likeness (QED) is 0.673. The second-order valence-corrected chi connectivity index (χ2v) is 4.35. The average Bonchev–Trinajstić information content (AvgIpc) is 2.76. The molecule has 0 aliphatic heterocycles. The molecule has 4 nitrogen and oxygen atoms in total. The summed E-state index contributed by atoms with van der Waals surface area (Å²) in [5.74, 6) is 0.876. The van der Waals surface area contributed by atoms with Gasteiger partial charge in [0.05, 0.1) is 18.5 Å². The fourth-order valence-corrected chi connectivity index (χ4v) is 1.69. The first-order chi connectivity index (χ1) is 8.26. The van der Waals surface area contributed by atoms with E-state index in [0.29, 0.717) is 0 Å². The Morgan fingerprint density at radius 2 is 2.24 bits per heavy atom. The Morgan fingerprint density at radius 1 is 1.41 bits per heavy atom. The molecule has 0 saturated carbocycles. The first kappa shape index (κ1) is 14.0. The topological polar surface area (TPSA) is 39.1 Å². The number of rotatable bonds is 9. The monoisotopic (exact) mass is 239 g/mol. The Hall–Kier alpha value is -1.03. The second kappa shape index (κ2) is 8.12. The first-order valence-electron chi connectivity index (χ1n) is 6.66. The van der Waals surface area contributed by atoms with E-state index in [0.717, 1.165) is 38.2 Å². The van der Waals surface area contributed by atoms with E-state index in [1.165, 1.54) is 6.42 Å². The summed E-state index contributed by atoms with van der Waals surface area (Å²) in [6, 6.07) is 0. The molecule has 0 radical (unpaired) electrons. The maximum atomic E-state index is 5.79. The third kappa shape index (κ3) is 5.73. The number of nitrogens with one attached hydrogen (secondary N) is 1. The largest absolute Gasteiger partial charge is 0.487 e. The van der Waals surface area contributed by atoms with E-state index in [1.807, 2.05) is 10.9 Å². The molecule has 0 bridgehead atoms. The van der Waals surface area contributed by atoms with Crippen molar-refractivity contribution in [2.75, 3.05) is 13.1 Å². The molecule has 0 saturated heterocycles. The maximum Gasteiger partial charge on any atom is 0.157 e. The van der Waals surface area contributed by atoms with Crippen LogP contribution in [0.2, 0.25) is 0 Å². The highest BCUT2D eigenvalue weighted by molar-refractivity contribution is 5.11. The van der Waals surface area contributed by atoms with Crippen LogP contribution in [0.15, 0.2) is 12.4 Å². The molecule has 1 unspecified atom stereocenters. The lowest BCUT2D eigenvalue weighted by molar-refractivity contribution is 0.207. The van der Waals surface area contributed by atoms with E-state index in [-0.39, 0.29) is 6.10 Å². The van der Waals surface area contributed by atoms with Gasteiger partial charge >= 0.3 is 0 Å². The minimum Gasteiger partial charge on any atom is -0.487 e. The molecular weight excluding hydrogens is 214 g/mol. The van der Waals surface area contributed by atoms with Crippen molar-refractivity contribution in [1.29, 1.82) is 0 Å². The van der Waals surface area contributed by atoms with E-state index in [4.69, 9.17) is 4.74 Å². The summed E-state index contributed by atoms with van der Waals surface area (Å²) in [4.78, 5) is 0. The van der Waals surface area contributed by atoms with E-state index in [9.17, 15) is 0 Å². The molecule has 1 rings (SSSR count). The van der Waals surface area contributed by atoms with Gasteiger partial charge in [-0.1, -0.05) is 6.92 Å². The lowest BCUT2D eigenvalue weighted by atomic mass is 10.2. The summed E-state index contributed by atoms with van der Waals surface area (Å²) in [6.45, 7) is 9.44. The lowest BCUT2D eigenvalue weighted by Crippen LogP contribution is -2.19. The van der Waals surface area contributed by atoms with Gasteiger partial charge in [-0.3, -0.25) is 4.68 Å². The number of aryl methyl sites for hydroxylation is 1. The third-order valence-electron chi connectivity index (χ3n) is 2.66. The Balaban J connectivity index is 2.13. The normalized spacial score (nSPS) is 12.6. The van der Waals surface area contributed by atoms with Crippen molar-refractivity contribution >= 4 is 0 Å². The summed E-state index contributed by atoms with van der Waals surface area (Å²) in [5, 5.41) is 7.58. The fraction of sp³-hybridized carbons (Fsp3) is 0.769. The number of aromatic nitrogens is 2. The molecule has 98 valence electrons. The molecule has 1 atom stereocenters. The Kier molecular flexibility index (Phi) is 6.70. The van der Waals surface area contributed by atoms with Crippen molar-refractivity contribution in [2.24, 2.45) is 0 Å². The zero-order chi connectivity index (χ0) is 12.5. The van der Waals surface area contributed by atoms with Crippen LogP contribution in [0, 0.1) is 0 Å². The van der Waals surface area contributed by atoms with Crippen molar-refractivity contribution in [1.82, 2.24) is 15.1 Å². The summed E-state index contributed by atoms with van der Waals surface area (Å²) in [7, 11) is 0. The van der Waals surface area contributed by atoms with Crippen LogP contribution in [0.4, 0.5) is 0 Å². The Morgan fingerprint density at radius 3 is 2.88 bits per heavy atom. The van der Waals surface area contributed by atoms with Gasteiger partial charge in [0, 0.05) is 6.54 Å². The Labute approximate surface area is 104 Å². The van der Waals surface area contributed by atoms with Gasteiger partial charge in [0.2, 0.25) is 0 Å². The van der Waals surface area contributed by atoms with Crippen LogP contribution in [0.3, 0.4) is 0 Å². The highest BCUT2D eigenvalue weighted by Gasteiger charge is 2.05. The smallest absolute Gasteiger partial charge is 0.157 e. The van der Waals surface area contributed by atoms with E-state index < -0.39 is 0 Å². The number of hydrogen-bond donors (Lipinski definition) is 1. The molecule has 1 aromatic rings. The molecule has 0 aromatic carbocycles. The van der Waals surface area contributed by atoms with Crippen LogP contribution in [0.1, 0.15) is 40.0 Å². The minimum absolute atomic E-state index is 0.257. The zero-order valence-electron chi connectivity index (χ0n) is 11.3. The zero-order valence-corrected chi connectivity index (χ0v) is 11.3. The van der Waals surface area contributed by atoms with Crippen molar-refractivity contribution < 1.29 is 4.74 Å². The van der Waals surface area contributed by atoms with Crippen LogP contribution in [0.5, 0.6) is 5.75 Å². The molecule has 1 heterocycles. The van der Waals surface area contributed by atoms with Crippen molar-refractivity contribution in [2.45, 2.75) is 52.7 Å². The molecule has 0 fully saturated rings. The number of nitrogens with zero attached hydrogens (tertiary/aromatic N) is 2. The molecule has 1 N–H and O–H groups in total. The highest BCUT2D eigenvalue weighted by Crippen LogP contribution is 2.12. The molecule has 0 spiro atoms. The number of ether oxygens (including phenoxy) is 1. The summed E-state index contributed by atoms with van der Waals surface area (Å²) >= 11 is 0. The van der Waals surface area contributed by atoms with Gasteiger partial charge in [0.1, 0.15) is 0 Å². The molecular formula is C13H25N3O. The summed E-state index contributed by atoms with van der Waals surface area (Å²) < 4.78 is 7.67. The van der Waals surface area contributed by atoms with Crippen LogP contribution in [-0.4, -0.2) is 29.0 Å². The predicted octanol–water partition coefficient (Wildman–Crippen LogP) is 2.45. The van der Waals surface area contributed by atoms with Crippen molar-refractivity contribution in [3.8, 4) is 5.75 Å². The molecule has 1 aromatic heterocycles. The fourth-order valence-electron chi connectivity index (χ4n) is 1.69. The molecule has 0 aliphatic rings. The predicted molar refractivity (Wildman–Crippen MR) is 70.4 cm³/mol. The van der Waals surface area contributed by atoms with Crippen LogP contribution < -0.4 is 10.1 Å². The van der Waals surface area contributed by atoms with Gasteiger partial charge in [-0.05, 0) is 46.2 Å². The average molecular weight is 239 g/mol. The van der Waals surface area contributed by atoms with E-state index >= 15 is 0 Å². The maximum absolute atomic E-state index is 5.79. The lowest BCUT2D eigenvalue weighted by Gasteiger charge is -2.12. The van der Waals surface area contributed by atoms with Gasteiger partial charge in [-0.2, -0.15) is 5.10 Å². The van der Waals surface area contributed by atoms with Crippen LogP contribution >= 0.6 is 0 Å². The SMILES string of the molecule is CCCNCCCC(C)Oc1cnn(CC)c1. The minimum atomic E-state index is 0.257. The van der Waals surface area contributed by atoms with Crippen LogP contribution in [-0.2, 0) is 6.54 Å². The third-order valence-corrected chi connectivity index (χ3v) is 2.66. The van der Waals surface area contributed by atoms with Gasteiger partial charge in [-0.15, -0.1) is 0 Å². The van der Waals surface area contributed by atoms with E-state index in [2.05, 4.69) is 31.2 Å². The molecule has 4 heteroatoms. The highest BCUT2D eigenvalue weighted by atomic mass is 16.5. The van der Waals surface area contributed by atoms with Gasteiger partial charge in [0.25, 0.3) is 0 Å². The van der Waals surface area contributed by atoms with Gasteiger partial charge in [0.15, 0.2) is 5.75 Å². The molecule has 0 aliphatic carbocycles. The van der Waals surface area contributed by atoms with Crippen molar-refractivity contribution in [3.05, 3.63) is 12.4 Å². The van der Waals surface area contributed by atoms with Gasteiger partial charge < -0.3 is 10.1 Å². The summed E-state index contributed by atoms with van der Waals surface area (Å²) in [6.07, 6.45) is 7.42. The van der Waals surface area contributed by atoms with Gasteiger partial charge in [-0.25, -0.2) is 0 Å².